The zero-order chi connectivity index (χ0) is 20.2. The molecule has 0 bridgehead atoms. The normalized spacial score (nSPS) is 14.7. The zero-order valence-corrected chi connectivity index (χ0v) is 16.8. The molecule has 2 N–H and O–H groups in total. The SMILES string of the molecule is O=C(Nc1cccc(Br)c1)c1ccc(NC(=O)C2COc3ccccc3O2)cc1. The van der Waals surface area contributed by atoms with Crippen molar-refractivity contribution < 1.29 is 19.1 Å². The van der Waals surface area contributed by atoms with Crippen LogP contribution in [-0.2, 0) is 4.79 Å². The maximum absolute atomic E-state index is 12.5. The van der Waals surface area contributed by atoms with Crippen molar-refractivity contribution in [2.24, 2.45) is 0 Å². The monoisotopic (exact) mass is 452 g/mol. The molecule has 0 aliphatic carbocycles. The van der Waals surface area contributed by atoms with E-state index >= 15 is 0 Å². The van der Waals surface area contributed by atoms with Gasteiger partial charge in [0, 0.05) is 21.4 Å². The molecule has 7 heteroatoms. The van der Waals surface area contributed by atoms with Crippen LogP contribution in [0.4, 0.5) is 11.4 Å². The maximum Gasteiger partial charge on any atom is 0.269 e. The molecule has 1 heterocycles. The van der Waals surface area contributed by atoms with Crippen LogP contribution in [0.25, 0.3) is 0 Å². The summed E-state index contributed by atoms with van der Waals surface area (Å²) in [5.41, 5.74) is 1.74. The molecule has 0 saturated heterocycles. The largest absolute Gasteiger partial charge is 0.485 e. The highest BCUT2D eigenvalue weighted by molar-refractivity contribution is 9.10. The summed E-state index contributed by atoms with van der Waals surface area (Å²) in [4.78, 5) is 24.8. The van der Waals surface area contributed by atoms with Gasteiger partial charge in [-0.05, 0) is 54.6 Å². The van der Waals surface area contributed by atoms with E-state index in [0.717, 1.165) is 4.47 Å². The Labute approximate surface area is 176 Å². The smallest absolute Gasteiger partial charge is 0.269 e. The van der Waals surface area contributed by atoms with Gasteiger partial charge in [-0.15, -0.1) is 0 Å². The van der Waals surface area contributed by atoms with Gasteiger partial charge in [0.1, 0.15) is 6.61 Å². The second-order valence-corrected chi connectivity index (χ2v) is 7.31. The number of amides is 2. The van der Waals surface area contributed by atoms with Gasteiger partial charge < -0.3 is 20.1 Å². The Bertz CT molecular complexity index is 1050. The Hall–Kier alpha value is -3.32. The van der Waals surface area contributed by atoms with Crippen LogP contribution in [0.5, 0.6) is 11.5 Å². The van der Waals surface area contributed by atoms with E-state index in [0.29, 0.717) is 28.4 Å². The van der Waals surface area contributed by atoms with E-state index in [9.17, 15) is 9.59 Å². The minimum absolute atomic E-state index is 0.135. The number of carbonyl (C=O) groups is 2. The van der Waals surface area contributed by atoms with Gasteiger partial charge in [-0.25, -0.2) is 0 Å². The molecule has 1 unspecified atom stereocenters. The second kappa shape index (κ2) is 8.36. The Balaban J connectivity index is 1.37. The molecule has 29 heavy (non-hydrogen) atoms. The number of hydrogen-bond acceptors (Lipinski definition) is 4. The Morgan fingerprint density at radius 1 is 0.862 bits per heavy atom. The van der Waals surface area contributed by atoms with Gasteiger partial charge in [0.25, 0.3) is 11.8 Å². The molecule has 6 nitrogen and oxygen atoms in total. The first-order valence-electron chi connectivity index (χ1n) is 8.95. The summed E-state index contributed by atoms with van der Waals surface area (Å²) in [7, 11) is 0. The second-order valence-electron chi connectivity index (χ2n) is 6.40. The first-order valence-corrected chi connectivity index (χ1v) is 9.74. The van der Waals surface area contributed by atoms with Crippen molar-refractivity contribution in [2.45, 2.75) is 6.10 Å². The molecule has 3 aromatic rings. The van der Waals surface area contributed by atoms with Crippen molar-refractivity contribution in [1.82, 2.24) is 0 Å². The number of rotatable bonds is 4. The van der Waals surface area contributed by atoms with E-state index in [1.54, 1.807) is 36.4 Å². The molecule has 1 aliphatic rings. The van der Waals surface area contributed by atoms with Crippen molar-refractivity contribution in [3.05, 3.63) is 82.8 Å². The molecule has 0 radical (unpaired) electrons. The van der Waals surface area contributed by atoms with Gasteiger partial charge >= 0.3 is 0 Å². The standard InChI is InChI=1S/C22H17BrN2O4/c23-15-4-3-5-17(12-15)25-21(26)14-8-10-16(11-9-14)24-22(27)20-13-28-18-6-1-2-7-19(18)29-20/h1-12,20H,13H2,(H,24,27)(H,25,26). The number of anilines is 2. The molecule has 0 fully saturated rings. The summed E-state index contributed by atoms with van der Waals surface area (Å²) in [6.07, 6.45) is -0.746. The number of ether oxygens (including phenoxy) is 2. The maximum atomic E-state index is 12.5. The Kier molecular flexibility index (Phi) is 5.48. The van der Waals surface area contributed by atoms with E-state index in [1.165, 1.54) is 0 Å². The molecule has 0 aromatic heterocycles. The fourth-order valence-corrected chi connectivity index (χ4v) is 3.25. The van der Waals surface area contributed by atoms with E-state index in [1.807, 2.05) is 36.4 Å². The van der Waals surface area contributed by atoms with Gasteiger partial charge in [-0.1, -0.05) is 34.1 Å². The average molecular weight is 453 g/mol. The Morgan fingerprint density at radius 3 is 2.38 bits per heavy atom. The van der Waals surface area contributed by atoms with Crippen LogP contribution in [0.2, 0.25) is 0 Å². The number of nitrogens with one attached hydrogen (secondary N) is 2. The summed E-state index contributed by atoms with van der Waals surface area (Å²) in [5, 5.41) is 5.61. The Morgan fingerprint density at radius 2 is 1.62 bits per heavy atom. The molecule has 146 valence electrons. The van der Waals surface area contributed by atoms with Crippen molar-refractivity contribution >= 4 is 39.1 Å². The lowest BCUT2D eigenvalue weighted by Gasteiger charge is -2.25. The lowest BCUT2D eigenvalue weighted by Crippen LogP contribution is -2.40. The highest BCUT2D eigenvalue weighted by Gasteiger charge is 2.27. The van der Waals surface area contributed by atoms with Crippen molar-refractivity contribution in [3.63, 3.8) is 0 Å². The number of hydrogen-bond donors (Lipinski definition) is 2. The van der Waals surface area contributed by atoms with Crippen LogP contribution in [-0.4, -0.2) is 24.5 Å². The number of carbonyl (C=O) groups excluding carboxylic acids is 2. The summed E-state index contributed by atoms with van der Waals surface area (Å²) in [5.74, 6) is 0.614. The highest BCUT2D eigenvalue weighted by atomic mass is 79.9. The fourth-order valence-electron chi connectivity index (χ4n) is 2.85. The predicted octanol–water partition coefficient (Wildman–Crippen LogP) is 4.48. The van der Waals surface area contributed by atoms with Gasteiger partial charge in [0.2, 0.25) is 6.10 Å². The zero-order valence-electron chi connectivity index (χ0n) is 15.2. The third-order valence-electron chi connectivity index (χ3n) is 4.30. The van der Waals surface area contributed by atoms with Gasteiger partial charge in [0.05, 0.1) is 0 Å². The summed E-state index contributed by atoms with van der Waals surface area (Å²) < 4.78 is 12.1. The molecule has 0 spiro atoms. The third-order valence-corrected chi connectivity index (χ3v) is 4.79. The van der Waals surface area contributed by atoms with Gasteiger partial charge in [0.15, 0.2) is 11.5 Å². The van der Waals surface area contributed by atoms with E-state index in [-0.39, 0.29) is 18.4 Å². The van der Waals surface area contributed by atoms with Crippen molar-refractivity contribution in [2.75, 3.05) is 17.2 Å². The van der Waals surface area contributed by atoms with Crippen molar-refractivity contribution in [3.8, 4) is 11.5 Å². The van der Waals surface area contributed by atoms with E-state index in [4.69, 9.17) is 9.47 Å². The van der Waals surface area contributed by atoms with Crippen LogP contribution >= 0.6 is 15.9 Å². The topological polar surface area (TPSA) is 76.7 Å². The van der Waals surface area contributed by atoms with Crippen LogP contribution in [0.3, 0.4) is 0 Å². The van der Waals surface area contributed by atoms with Crippen LogP contribution < -0.4 is 20.1 Å². The molecular formula is C22H17BrN2O4. The molecule has 4 rings (SSSR count). The van der Waals surface area contributed by atoms with Crippen LogP contribution in [0.1, 0.15) is 10.4 Å². The summed E-state index contributed by atoms with van der Waals surface area (Å²) >= 11 is 3.37. The molecule has 3 aromatic carbocycles. The quantitative estimate of drug-likeness (QED) is 0.611. The summed E-state index contributed by atoms with van der Waals surface area (Å²) in [6.45, 7) is 0.135. The van der Waals surface area contributed by atoms with E-state index in [2.05, 4.69) is 26.6 Å². The number of benzene rings is 3. The number of para-hydroxylation sites is 2. The van der Waals surface area contributed by atoms with Crippen LogP contribution in [0.15, 0.2) is 77.3 Å². The first kappa shape index (κ1) is 19.0. The fraction of sp³-hybridized carbons (Fsp3) is 0.0909. The molecule has 2 amide bonds. The van der Waals surface area contributed by atoms with Crippen LogP contribution in [0, 0.1) is 0 Å². The third kappa shape index (κ3) is 4.57. The molecule has 1 aliphatic heterocycles. The number of fused-ring (bicyclic) bond motifs is 1. The van der Waals surface area contributed by atoms with Crippen molar-refractivity contribution in [1.29, 1.82) is 0 Å². The minimum Gasteiger partial charge on any atom is -0.485 e. The molecule has 0 saturated carbocycles. The molecular weight excluding hydrogens is 436 g/mol. The lowest BCUT2D eigenvalue weighted by molar-refractivity contribution is -0.125. The van der Waals surface area contributed by atoms with Gasteiger partial charge in [-0.3, -0.25) is 9.59 Å². The first-order chi connectivity index (χ1) is 14.1. The highest BCUT2D eigenvalue weighted by Crippen LogP contribution is 2.31. The lowest BCUT2D eigenvalue weighted by atomic mass is 10.2. The predicted molar refractivity (Wildman–Crippen MR) is 114 cm³/mol. The summed E-state index contributed by atoms with van der Waals surface area (Å²) in [6, 6.07) is 21.2. The van der Waals surface area contributed by atoms with Gasteiger partial charge in [-0.2, -0.15) is 0 Å². The van der Waals surface area contributed by atoms with E-state index < -0.39 is 6.10 Å². The average Bonchev–Trinajstić information content (AvgIpc) is 2.74. The minimum atomic E-state index is -0.746. The molecule has 1 atom stereocenters. The number of halogens is 1.